The zero-order valence-corrected chi connectivity index (χ0v) is 7.49. The summed E-state index contributed by atoms with van der Waals surface area (Å²) in [5.41, 5.74) is -0.484. The number of rotatable bonds is 1. The molecule has 0 aromatic carbocycles. The molecule has 1 saturated heterocycles. The first-order chi connectivity index (χ1) is 5.96. The molecule has 1 rings (SSSR count). The van der Waals surface area contributed by atoms with Crippen LogP contribution >= 0.6 is 0 Å². The second-order valence-corrected chi connectivity index (χ2v) is 2.80. The van der Waals surface area contributed by atoms with Gasteiger partial charge in [0, 0.05) is 13.8 Å². The predicted octanol–water partition coefficient (Wildman–Crippen LogP) is -0.175. The van der Waals surface area contributed by atoms with E-state index in [2.05, 4.69) is 9.99 Å². The summed E-state index contributed by atoms with van der Waals surface area (Å²) in [6.07, 6.45) is 0. The van der Waals surface area contributed by atoms with Crippen molar-refractivity contribution in [2.24, 2.45) is 5.16 Å². The molecule has 0 aromatic rings. The van der Waals surface area contributed by atoms with Crippen LogP contribution < -0.4 is 0 Å². The number of hydrogen-bond donors (Lipinski definition) is 0. The second kappa shape index (κ2) is 3.04. The largest absolute Gasteiger partial charge is 0.418 e. The summed E-state index contributed by atoms with van der Waals surface area (Å²) >= 11 is 0. The Hall–Kier alpha value is -1.59. The molecule has 6 nitrogen and oxygen atoms in total. The molecule has 0 spiro atoms. The highest BCUT2D eigenvalue weighted by Gasteiger charge is 2.41. The summed E-state index contributed by atoms with van der Waals surface area (Å²) in [7, 11) is 1.22. The first-order valence-electron chi connectivity index (χ1n) is 3.54. The van der Waals surface area contributed by atoms with Crippen LogP contribution in [0.1, 0.15) is 13.8 Å². The summed E-state index contributed by atoms with van der Waals surface area (Å²) in [5, 5.41) is 3.18. The van der Waals surface area contributed by atoms with E-state index >= 15 is 0 Å². The van der Waals surface area contributed by atoms with Gasteiger partial charge in [0.05, 0.1) is 0 Å². The molecule has 0 N–H and O–H groups in total. The standard InChI is InChI=1S/C7H9NO5/c1-7(2)12-5(9)4(8-11-3)6(10)13-7/h1-3H3. The third-order valence-corrected chi connectivity index (χ3v) is 1.25. The number of carbonyl (C=O) groups excluding carboxylic acids is 2. The molecule has 0 radical (unpaired) electrons. The van der Waals surface area contributed by atoms with Crippen LogP contribution in [0, 0.1) is 0 Å². The molecule has 1 aliphatic rings. The highest BCUT2D eigenvalue weighted by Crippen LogP contribution is 2.17. The fraction of sp³-hybridized carbons (Fsp3) is 0.571. The average Bonchev–Trinajstić information content (AvgIpc) is 1.94. The van der Waals surface area contributed by atoms with Crippen LogP contribution in [0.2, 0.25) is 0 Å². The Kier molecular flexibility index (Phi) is 2.22. The van der Waals surface area contributed by atoms with Gasteiger partial charge in [0.1, 0.15) is 7.11 Å². The molecule has 0 aliphatic carbocycles. The summed E-state index contributed by atoms with van der Waals surface area (Å²) in [5.74, 6) is -2.92. The smallest absolute Gasteiger partial charge is 0.371 e. The summed E-state index contributed by atoms with van der Waals surface area (Å²) in [6, 6.07) is 0. The molecule has 1 fully saturated rings. The van der Waals surface area contributed by atoms with E-state index in [1.54, 1.807) is 0 Å². The molecule has 0 amide bonds. The van der Waals surface area contributed by atoms with Gasteiger partial charge < -0.3 is 14.3 Å². The molecular weight excluding hydrogens is 178 g/mol. The highest BCUT2D eigenvalue weighted by atomic mass is 16.7. The van der Waals surface area contributed by atoms with Crippen LogP contribution in [-0.4, -0.2) is 30.5 Å². The lowest BCUT2D eigenvalue weighted by Crippen LogP contribution is -2.46. The Labute approximate surface area is 74.4 Å². The lowest BCUT2D eigenvalue weighted by molar-refractivity contribution is -0.215. The number of esters is 2. The van der Waals surface area contributed by atoms with Crippen molar-refractivity contribution in [1.82, 2.24) is 0 Å². The first-order valence-corrected chi connectivity index (χ1v) is 3.54. The van der Waals surface area contributed by atoms with Crippen LogP contribution in [0.15, 0.2) is 5.16 Å². The molecule has 13 heavy (non-hydrogen) atoms. The van der Waals surface area contributed by atoms with Crippen molar-refractivity contribution < 1.29 is 23.9 Å². The maximum Gasteiger partial charge on any atom is 0.371 e. The van der Waals surface area contributed by atoms with Crippen LogP contribution in [-0.2, 0) is 23.9 Å². The number of oxime groups is 1. The van der Waals surface area contributed by atoms with Crippen LogP contribution in [0.5, 0.6) is 0 Å². The Balaban J connectivity index is 2.89. The molecular formula is C7H9NO5. The normalized spacial score (nSPS) is 20.4. The summed E-state index contributed by atoms with van der Waals surface area (Å²) < 4.78 is 9.43. The van der Waals surface area contributed by atoms with E-state index in [0.29, 0.717) is 0 Å². The fourth-order valence-corrected chi connectivity index (χ4v) is 0.813. The fourth-order valence-electron chi connectivity index (χ4n) is 0.813. The minimum Gasteiger partial charge on any atom is -0.418 e. The van der Waals surface area contributed by atoms with Gasteiger partial charge >= 0.3 is 11.9 Å². The van der Waals surface area contributed by atoms with E-state index in [1.165, 1.54) is 21.0 Å². The molecule has 1 heterocycles. The number of ether oxygens (including phenoxy) is 2. The van der Waals surface area contributed by atoms with Crippen LogP contribution in [0.25, 0.3) is 0 Å². The lowest BCUT2D eigenvalue weighted by Gasteiger charge is -2.28. The van der Waals surface area contributed by atoms with Gasteiger partial charge in [0.15, 0.2) is 0 Å². The highest BCUT2D eigenvalue weighted by molar-refractivity contribution is 6.63. The van der Waals surface area contributed by atoms with Crippen molar-refractivity contribution in [3.05, 3.63) is 0 Å². The predicted molar refractivity (Wildman–Crippen MR) is 40.7 cm³/mol. The van der Waals surface area contributed by atoms with Crippen molar-refractivity contribution in [2.75, 3.05) is 7.11 Å². The maximum absolute atomic E-state index is 11.1. The van der Waals surface area contributed by atoms with E-state index in [0.717, 1.165) is 0 Å². The molecule has 1 aliphatic heterocycles. The van der Waals surface area contributed by atoms with E-state index in [4.69, 9.17) is 9.47 Å². The van der Waals surface area contributed by atoms with Gasteiger partial charge in [-0.25, -0.2) is 9.59 Å². The number of nitrogens with zero attached hydrogens (tertiary/aromatic N) is 1. The van der Waals surface area contributed by atoms with Crippen molar-refractivity contribution in [3.63, 3.8) is 0 Å². The quantitative estimate of drug-likeness (QED) is 0.420. The number of hydrogen-bond acceptors (Lipinski definition) is 6. The molecule has 0 atom stereocenters. The van der Waals surface area contributed by atoms with Gasteiger partial charge in [-0.3, -0.25) is 0 Å². The van der Waals surface area contributed by atoms with Crippen LogP contribution in [0.4, 0.5) is 0 Å². The minimum absolute atomic E-state index is 0.484. The van der Waals surface area contributed by atoms with Crippen LogP contribution in [0.3, 0.4) is 0 Å². The second-order valence-electron chi connectivity index (χ2n) is 2.80. The Bertz CT molecular complexity index is 259. The van der Waals surface area contributed by atoms with E-state index in [-0.39, 0.29) is 0 Å². The first kappa shape index (κ1) is 9.50. The van der Waals surface area contributed by atoms with Crippen molar-refractivity contribution in [2.45, 2.75) is 19.6 Å². The third-order valence-electron chi connectivity index (χ3n) is 1.25. The third kappa shape index (κ3) is 1.95. The molecule has 0 aromatic heterocycles. The monoisotopic (exact) mass is 187 g/mol. The van der Waals surface area contributed by atoms with Gasteiger partial charge in [-0.2, -0.15) is 0 Å². The van der Waals surface area contributed by atoms with E-state index in [9.17, 15) is 9.59 Å². The van der Waals surface area contributed by atoms with E-state index < -0.39 is 23.4 Å². The average molecular weight is 187 g/mol. The zero-order valence-electron chi connectivity index (χ0n) is 7.49. The molecule has 6 heteroatoms. The van der Waals surface area contributed by atoms with E-state index in [1.807, 2.05) is 0 Å². The summed E-state index contributed by atoms with van der Waals surface area (Å²) in [6.45, 7) is 2.90. The molecule has 72 valence electrons. The Morgan fingerprint density at radius 3 is 2.08 bits per heavy atom. The number of carbonyl (C=O) groups is 2. The Morgan fingerprint density at radius 2 is 1.69 bits per heavy atom. The molecule has 0 unspecified atom stereocenters. The van der Waals surface area contributed by atoms with Crippen molar-refractivity contribution >= 4 is 17.7 Å². The van der Waals surface area contributed by atoms with Gasteiger partial charge in [-0.1, -0.05) is 5.16 Å². The number of cyclic esters (lactones) is 2. The van der Waals surface area contributed by atoms with Gasteiger partial charge in [-0.05, 0) is 0 Å². The zero-order chi connectivity index (χ0) is 10.1. The Morgan fingerprint density at radius 1 is 1.23 bits per heavy atom. The summed E-state index contributed by atoms with van der Waals surface area (Å²) in [4.78, 5) is 26.4. The SMILES string of the molecule is CON=C1C(=O)OC(C)(C)OC1=O. The lowest BCUT2D eigenvalue weighted by atomic mass is 10.3. The topological polar surface area (TPSA) is 74.2 Å². The van der Waals surface area contributed by atoms with Crippen molar-refractivity contribution in [1.29, 1.82) is 0 Å². The molecule has 0 saturated carbocycles. The molecule has 0 bridgehead atoms. The van der Waals surface area contributed by atoms with Gasteiger partial charge in [0.25, 0.3) is 11.5 Å². The minimum atomic E-state index is -1.24. The maximum atomic E-state index is 11.1. The van der Waals surface area contributed by atoms with Crippen molar-refractivity contribution in [3.8, 4) is 0 Å². The van der Waals surface area contributed by atoms with Gasteiger partial charge in [-0.15, -0.1) is 0 Å². The van der Waals surface area contributed by atoms with Gasteiger partial charge in [0.2, 0.25) is 0 Å².